The van der Waals surface area contributed by atoms with Gasteiger partial charge in [0.2, 0.25) is 5.95 Å². The topological polar surface area (TPSA) is 52.5 Å². The van der Waals surface area contributed by atoms with Gasteiger partial charge in [0.1, 0.15) is 0 Å². The predicted molar refractivity (Wildman–Crippen MR) is 64.5 cm³/mol. The van der Waals surface area contributed by atoms with Crippen molar-refractivity contribution in [2.24, 2.45) is 0 Å². The Hall–Kier alpha value is -1.20. The Morgan fingerprint density at radius 3 is 2.44 bits per heavy atom. The highest BCUT2D eigenvalue weighted by molar-refractivity contribution is 5.31. The molecule has 1 N–H and O–H groups in total. The largest absolute Gasteiger partial charge is 0.392 e. The number of nitrogens with zero attached hydrogens (tertiary/aromatic N) is 4. The Morgan fingerprint density at radius 1 is 1.25 bits per heavy atom. The minimum absolute atomic E-state index is 0.00642. The SMILES string of the molecule is Cc1nc(N(C)CCN(C)C)ncc1CO. The molecular weight excluding hydrogens is 204 g/mol. The van der Waals surface area contributed by atoms with Gasteiger partial charge in [0.25, 0.3) is 0 Å². The monoisotopic (exact) mass is 224 g/mol. The van der Waals surface area contributed by atoms with E-state index in [1.165, 1.54) is 0 Å². The van der Waals surface area contributed by atoms with Crippen molar-refractivity contribution in [1.29, 1.82) is 0 Å². The average Bonchev–Trinajstić information content (AvgIpc) is 2.25. The van der Waals surface area contributed by atoms with Crippen LogP contribution in [0, 0.1) is 6.92 Å². The van der Waals surface area contributed by atoms with Crippen molar-refractivity contribution in [3.63, 3.8) is 0 Å². The van der Waals surface area contributed by atoms with Gasteiger partial charge in [-0.15, -0.1) is 0 Å². The van der Waals surface area contributed by atoms with E-state index in [2.05, 4.69) is 14.9 Å². The second kappa shape index (κ2) is 5.77. The lowest BCUT2D eigenvalue weighted by Crippen LogP contribution is -2.29. The van der Waals surface area contributed by atoms with E-state index in [9.17, 15) is 0 Å². The van der Waals surface area contributed by atoms with E-state index in [0.29, 0.717) is 5.95 Å². The maximum atomic E-state index is 9.02. The lowest BCUT2D eigenvalue weighted by Gasteiger charge is -2.20. The summed E-state index contributed by atoms with van der Waals surface area (Å²) in [5.74, 6) is 0.705. The highest BCUT2D eigenvalue weighted by Crippen LogP contribution is 2.09. The zero-order valence-electron chi connectivity index (χ0n) is 10.4. The van der Waals surface area contributed by atoms with E-state index < -0.39 is 0 Å². The molecule has 0 aliphatic carbocycles. The van der Waals surface area contributed by atoms with Gasteiger partial charge in [-0.1, -0.05) is 0 Å². The zero-order chi connectivity index (χ0) is 12.1. The molecule has 0 unspecified atom stereocenters. The Kier molecular flexibility index (Phi) is 4.64. The number of hydrogen-bond donors (Lipinski definition) is 1. The van der Waals surface area contributed by atoms with Crippen molar-refractivity contribution in [1.82, 2.24) is 14.9 Å². The van der Waals surface area contributed by atoms with Gasteiger partial charge in [-0.05, 0) is 21.0 Å². The molecule has 1 aromatic rings. The molecule has 0 bridgehead atoms. The molecule has 0 spiro atoms. The molecule has 0 aliphatic rings. The van der Waals surface area contributed by atoms with E-state index in [0.717, 1.165) is 24.3 Å². The first-order valence-corrected chi connectivity index (χ1v) is 5.34. The van der Waals surface area contributed by atoms with Crippen molar-refractivity contribution in [2.45, 2.75) is 13.5 Å². The van der Waals surface area contributed by atoms with Crippen LogP contribution >= 0.6 is 0 Å². The van der Waals surface area contributed by atoms with E-state index in [-0.39, 0.29) is 6.61 Å². The summed E-state index contributed by atoms with van der Waals surface area (Å²) in [5.41, 5.74) is 1.62. The Balaban J connectivity index is 2.69. The van der Waals surface area contributed by atoms with Gasteiger partial charge in [-0.25, -0.2) is 9.97 Å². The molecule has 0 saturated heterocycles. The van der Waals surface area contributed by atoms with Gasteiger partial charge in [0, 0.05) is 37.6 Å². The molecule has 0 amide bonds. The lowest BCUT2D eigenvalue weighted by atomic mass is 10.2. The van der Waals surface area contributed by atoms with Gasteiger partial charge < -0.3 is 14.9 Å². The maximum absolute atomic E-state index is 9.02. The molecule has 1 aromatic heterocycles. The third-order valence-electron chi connectivity index (χ3n) is 2.46. The molecule has 0 aliphatic heterocycles. The standard InChI is InChI=1S/C11H20N4O/c1-9-10(8-16)7-12-11(13-9)15(4)6-5-14(2)3/h7,16H,5-6,8H2,1-4H3. The summed E-state index contributed by atoms with van der Waals surface area (Å²) in [6.45, 7) is 3.72. The third-order valence-corrected chi connectivity index (χ3v) is 2.46. The van der Waals surface area contributed by atoms with Gasteiger partial charge in [-0.2, -0.15) is 0 Å². The minimum Gasteiger partial charge on any atom is -0.392 e. The van der Waals surface area contributed by atoms with E-state index in [1.54, 1.807) is 6.20 Å². The number of rotatable bonds is 5. The summed E-state index contributed by atoms with van der Waals surface area (Å²) in [4.78, 5) is 12.7. The lowest BCUT2D eigenvalue weighted by molar-refractivity contribution is 0.280. The molecule has 0 saturated carbocycles. The fraction of sp³-hybridized carbons (Fsp3) is 0.636. The maximum Gasteiger partial charge on any atom is 0.225 e. The summed E-state index contributed by atoms with van der Waals surface area (Å²) in [6.07, 6.45) is 1.68. The van der Waals surface area contributed by atoms with Crippen LogP contribution in [0.1, 0.15) is 11.3 Å². The molecule has 1 rings (SSSR count). The molecule has 5 heteroatoms. The average molecular weight is 224 g/mol. The number of likely N-dealkylation sites (N-methyl/N-ethyl adjacent to an activating group) is 2. The highest BCUT2D eigenvalue weighted by atomic mass is 16.3. The van der Waals surface area contributed by atoms with Gasteiger partial charge in [0.15, 0.2) is 0 Å². The van der Waals surface area contributed by atoms with Crippen LogP contribution in [0.25, 0.3) is 0 Å². The van der Waals surface area contributed by atoms with Crippen LogP contribution in [0.15, 0.2) is 6.20 Å². The van der Waals surface area contributed by atoms with Crippen LogP contribution in [-0.2, 0) is 6.61 Å². The van der Waals surface area contributed by atoms with Crippen LogP contribution in [0.3, 0.4) is 0 Å². The second-order valence-corrected chi connectivity index (χ2v) is 4.16. The summed E-state index contributed by atoms with van der Waals surface area (Å²) < 4.78 is 0. The Morgan fingerprint density at radius 2 is 1.94 bits per heavy atom. The molecule has 0 atom stereocenters. The van der Waals surface area contributed by atoms with Gasteiger partial charge >= 0.3 is 0 Å². The number of aliphatic hydroxyl groups excluding tert-OH is 1. The first-order chi connectivity index (χ1) is 7.54. The quantitative estimate of drug-likeness (QED) is 0.778. The molecule has 5 nitrogen and oxygen atoms in total. The molecule has 0 fully saturated rings. The van der Waals surface area contributed by atoms with Crippen LogP contribution in [0.5, 0.6) is 0 Å². The molecular formula is C11H20N4O. The van der Waals surface area contributed by atoms with Crippen LogP contribution < -0.4 is 4.90 Å². The molecule has 90 valence electrons. The fourth-order valence-corrected chi connectivity index (χ4v) is 1.27. The third kappa shape index (κ3) is 3.43. The van der Waals surface area contributed by atoms with Crippen LogP contribution in [-0.4, -0.2) is 54.2 Å². The highest BCUT2D eigenvalue weighted by Gasteiger charge is 2.07. The predicted octanol–water partition coefficient (Wildman–Crippen LogP) is 0.275. The Bertz CT molecular complexity index is 341. The van der Waals surface area contributed by atoms with Crippen molar-refractivity contribution < 1.29 is 5.11 Å². The van der Waals surface area contributed by atoms with Crippen molar-refractivity contribution >= 4 is 5.95 Å². The van der Waals surface area contributed by atoms with Crippen molar-refractivity contribution in [2.75, 3.05) is 39.1 Å². The zero-order valence-corrected chi connectivity index (χ0v) is 10.4. The molecule has 0 aromatic carbocycles. The number of anilines is 1. The van der Waals surface area contributed by atoms with E-state index in [1.807, 2.05) is 33.0 Å². The first kappa shape index (κ1) is 12.9. The Labute approximate surface area is 96.7 Å². The second-order valence-electron chi connectivity index (χ2n) is 4.16. The number of aliphatic hydroxyl groups is 1. The van der Waals surface area contributed by atoms with E-state index >= 15 is 0 Å². The summed E-state index contributed by atoms with van der Waals surface area (Å²) in [6, 6.07) is 0. The summed E-state index contributed by atoms with van der Waals surface area (Å²) in [7, 11) is 6.04. The van der Waals surface area contributed by atoms with Crippen LogP contribution in [0.4, 0.5) is 5.95 Å². The molecule has 16 heavy (non-hydrogen) atoms. The number of hydrogen-bond acceptors (Lipinski definition) is 5. The molecule has 1 heterocycles. The summed E-state index contributed by atoms with van der Waals surface area (Å²) in [5, 5.41) is 9.02. The van der Waals surface area contributed by atoms with Crippen molar-refractivity contribution in [3.8, 4) is 0 Å². The first-order valence-electron chi connectivity index (χ1n) is 5.34. The van der Waals surface area contributed by atoms with E-state index in [4.69, 9.17) is 5.11 Å². The van der Waals surface area contributed by atoms with Crippen LogP contribution in [0.2, 0.25) is 0 Å². The fourth-order valence-electron chi connectivity index (χ4n) is 1.27. The minimum atomic E-state index is -0.00642. The summed E-state index contributed by atoms with van der Waals surface area (Å²) >= 11 is 0. The number of aromatic nitrogens is 2. The van der Waals surface area contributed by atoms with Crippen molar-refractivity contribution in [3.05, 3.63) is 17.5 Å². The van der Waals surface area contributed by atoms with Gasteiger partial charge in [0.05, 0.1) is 6.61 Å². The van der Waals surface area contributed by atoms with Gasteiger partial charge in [-0.3, -0.25) is 0 Å². The molecule has 0 radical (unpaired) electrons. The normalized spacial score (nSPS) is 10.9. The number of aryl methyl sites for hydroxylation is 1. The smallest absolute Gasteiger partial charge is 0.225 e.